The van der Waals surface area contributed by atoms with E-state index in [1.807, 2.05) is 18.2 Å². The van der Waals surface area contributed by atoms with Gasteiger partial charge >= 0.3 is 0 Å². The molecule has 0 bridgehead atoms. The molecule has 17 heavy (non-hydrogen) atoms. The lowest BCUT2D eigenvalue weighted by molar-refractivity contribution is 0.417. The second-order valence-corrected chi connectivity index (χ2v) is 5.09. The Kier molecular flexibility index (Phi) is 1.89. The lowest BCUT2D eigenvalue weighted by Crippen LogP contribution is -2.24. The molecule has 0 radical (unpaired) electrons. The van der Waals surface area contributed by atoms with Crippen molar-refractivity contribution in [1.82, 2.24) is 9.97 Å². The van der Waals surface area contributed by atoms with E-state index in [2.05, 4.69) is 11.4 Å². The van der Waals surface area contributed by atoms with E-state index < -0.39 is 0 Å². The van der Waals surface area contributed by atoms with Gasteiger partial charge in [-0.3, -0.25) is 0 Å². The molecule has 0 spiro atoms. The van der Waals surface area contributed by atoms with Gasteiger partial charge in [-0.2, -0.15) is 0 Å². The summed E-state index contributed by atoms with van der Waals surface area (Å²) in [5.74, 6) is 1.62. The molecule has 1 fully saturated rings. The normalized spacial score (nSPS) is 26.4. The van der Waals surface area contributed by atoms with Gasteiger partial charge in [-0.1, -0.05) is 25.0 Å². The lowest BCUT2D eigenvalue weighted by atomic mass is 9.85. The van der Waals surface area contributed by atoms with Crippen molar-refractivity contribution in [3.8, 4) is 0 Å². The minimum absolute atomic E-state index is 0.579. The molecule has 4 rings (SSSR count). The maximum atomic E-state index is 4.82. The summed E-state index contributed by atoms with van der Waals surface area (Å²) in [6.45, 7) is 0. The van der Waals surface area contributed by atoms with Crippen LogP contribution in [0.5, 0.6) is 0 Å². The first-order chi connectivity index (χ1) is 8.42. The van der Waals surface area contributed by atoms with E-state index in [0.717, 1.165) is 16.9 Å². The molecule has 1 saturated carbocycles. The van der Waals surface area contributed by atoms with Crippen molar-refractivity contribution in [2.45, 2.75) is 37.6 Å². The molecule has 0 saturated heterocycles. The minimum atomic E-state index is 0.579. The maximum absolute atomic E-state index is 4.82. The molecule has 1 aliphatic carbocycles. The standard InChI is InChI=1S/C14H15N3/c1-2-6-10-9(5-1)13-14(16-10)17-12-8-4-3-7-11(12)15-13/h3-4,7-10H,1-2,5-6H2,(H,16,17). The Morgan fingerprint density at radius 3 is 2.65 bits per heavy atom. The fourth-order valence-electron chi connectivity index (χ4n) is 3.18. The van der Waals surface area contributed by atoms with E-state index in [9.17, 15) is 0 Å². The SMILES string of the molecule is c1ccc2nc3c(nc2c1)NC1CCCCC31. The Hall–Kier alpha value is -1.64. The molecular weight excluding hydrogens is 210 g/mol. The van der Waals surface area contributed by atoms with E-state index in [0.29, 0.717) is 12.0 Å². The molecule has 3 heteroatoms. The third-order valence-electron chi connectivity index (χ3n) is 4.04. The van der Waals surface area contributed by atoms with Crippen LogP contribution < -0.4 is 5.32 Å². The third-order valence-corrected chi connectivity index (χ3v) is 4.04. The summed E-state index contributed by atoms with van der Waals surface area (Å²) in [4.78, 5) is 9.52. The van der Waals surface area contributed by atoms with E-state index in [1.165, 1.54) is 31.4 Å². The fourth-order valence-corrected chi connectivity index (χ4v) is 3.18. The predicted molar refractivity (Wildman–Crippen MR) is 68.2 cm³/mol. The first-order valence-electron chi connectivity index (χ1n) is 6.45. The smallest absolute Gasteiger partial charge is 0.149 e. The average Bonchev–Trinajstić information content (AvgIpc) is 2.73. The highest BCUT2D eigenvalue weighted by atomic mass is 15.1. The molecule has 2 aromatic rings. The second kappa shape index (κ2) is 3.42. The van der Waals surface area contributed by atoms with Gasteiger partial charge < -0.3 is 5.32 Å². The molecule has 2 unspecified atom stereocenters. The van der Waals surface area contributed by atoms with Crippen molar-refractivity contribution in [2.24, 2.45) is 0 Å². The van der Waals surface area contributed by atoms with Crippen molar-refractivity contribution < 1.29 is 0 Å². The number of nitrogens with one attached hydrogen (secondary N) is 1. The van der Waals surface area contributed by atoms with Crippen molar-refractivity contribution in [3.63, 3.8) is 0 Å². The van der Waals surface area contributed by atoms with Gasteiger partial charge in [0.25, 0.3) is 0 Å². The van der Waals surface area contributed by atoms with E-state index >= 15 is 0 Å². The van der Waals surface area contributed by atoms with Crippen LogP contribution in [0.25, 0.3) is 11.0 Å². The molecule has 0 amide bonds. The molecule has 1 aromatic carbocycles. The molecule has 2 heterocycles. The van der Waals surface area contributed by atoms with Gasteiger partial charge in [-0.15, -0.1) is 0 Å². The topological polar surface area (TPSA) is 37.8 Å². The number of fused-ring (bicyclic) bond motifs is 4. The molecule has 86 valence electrons. The zero-order chi connectivity index (χ0) is 11.2. The summed E-state index contributed by atoms with van der Waals surface area (Å²) in [5, 5.41) is 3.55. The van der Waals surface area contributed by atoms with Gasteiger partial charge in [0.05, 0.1) is 16.7 Å². The van der Waals surface area contributed by atoms with Crippen LogP contribution in [0.4, 0.5) is 5.82 Å². The molecular formula is C14H15N3. The van der Waals surface area contributed by atoms with E-state index in [4.69, 9.17) is 9.97 Å². The summed E-state index contributed by atoms with van der Waals surface area (Å²) in [6.07, 6.45) is 5.19. The number of hydrogen-bond acceptors (Lipinski definition) is 3. The van der Waals surface area contributed by atoms with Gasteiger partial charge in [-0.25, -0.2) is 9.97 Å². The van der Waals surface area contributed by atoms with Crippen molar-refractivity contribution in [2.75, 3.05) is 5.32 Å². The highest BCUT2D eigenvalue weighted by Crippen LogP contribution is 2.42. The molecule has 1 N–H and O–H groups in total. The highest BCUT2D eigenvalue weighted by molar-refractivity contribution is 5.77. The maximum Gasteiger partial charge on any atom is 0.149 e. The van der Waals surface area contributed by atoms with Crippen LogP contribution in [0.15, 0.2) is 24.3 Å². The van der Waals surface area contributed by atoms with Gasteiger partial charge in [-0.05, 0) is 25.0 Å². The first-order valence-corrected chi connectivity index (χ1v) is 6.45. The number of para-hydroxylation sites is 2. The first kappa shape index (κ1) is 9.40. The van der Waals surface area contributed by atoms with Crippen LogP contribution in [0.2, 0.25) is 0 Å². The largest absolute Gasteiger partial charge is 0.365 e. The Morgan fingerprint density at radius 2 is 1.76 bits per heavy atom. The van der Waals surface area contributed by atoms with Crippen molar-refractivity contribution in [3.05, 3.63) is 30.0 Å². The Morgan fingerprint density at radius 1 is 1.00 bits per heavy atom. The predicted octanol–water partition coefficient (Wildman–Crippen LogP) is 3.08. The Balaban J connectivity index is 1.89. The Labute approximate surface area is 100 Å². The zero-order valence-electron chi connectivity index (χ0n) is 9.69. The van der Waals surface area contributed by atoms with Crippen LogP contribution >= 0.6 is 0 Å². The lowest BCUT2D eigenvalue weighted by Gasteiger charge is -2.24. The number of anilines is 1. The number of aromatic nitrogens is 2. The molecule has 1 aliphatic heterocycles. The van der Waals surface area contributed by atoms with Gasteiger partial charge in [0, 0.05) is 12.0 Å². The minimum Gasteiger partial charge on any atom is -0.365 e. The number of rotatable bonds is 0. The van der Waals surface area contributed by atoms with Crippen LogP contribution in [-0.2, 0) is 0 Å². The fraction of sp³-hybridized carbons (Fsp3) is 0.429. The number of hydrogen-bond donors (Lipinski definition) is 1. The summed E-state index contributed by atoms with van der Waals surface area (Å²) in [7, 11) is 0. The second-order valence-electron chi connectivity index (χ2n) is 5.09. The van der Waals surface area contributed by atoms with Gasteiger partial charge in [0.2, 0.25) is 0 Å². The van der Waals surface area contributed by atoms with Crippen LogP contribution in [0, 0.1) is 0 Å². The number of nitrogens with zero attached hydrogens (tertiary/aromatic N) is 2. The molecule has 3 nitrogen and oxygen atoms in total. The van der Waals surface area contributed by atoms with Crippen LogP contribution in [0.1, 0.15) is 37.3 Å². The summed E-state index contributed by atoms with van der Waals surface area (Å²) in [6, 6.07) is 8.72. The average molecular weight is 225 g/mol. The third kappa shape index (κ3) is 1.35. The molecule has 2 atom stereocenters. The quantitative estimate of drug-likeness (QED) is 0.748. The summed E-state index contributed by atoms with van der Waals surface area (Å²) in [5.41, 5.74) is 3.23. The Bertz CT molecular complexity index is 579. The zero-order valence-corrected chi connectivity index (χ0v) is 9.69. The van der Waals surface area contributed by atoms with E-state index in [1.54, 1.807) is 0 Å². The van der Waals surface area contributed by atoms with E-state index in [-0.39, 0.29) is 0 Å². The van der Waals surface area contributed by atoms with Crippen LogP contribution in [0.3, 0.4) is 0 Å². The van der Waals surface area contributed by atoms with Crippen molar-refractivity contribution in [1.29, 1.82) is 0 Å². The van der Waals surface area contributed by atoms with Crippen LogP contribution in [-0.4, -0.2) is 16.0 Å². The van der Waals surface area contributed by atoms with Gasteiger partial charge in [0.15, 0.2) is 0 Å². The molecule has 2 aliphatic rings. The monoisotopic (exact) mass is 225 g/mol. The van der Waals surface area contributed by atoms with Crippen molar-refractivity contribution >= 4 is 16.9 Å². The van der Waals surface area contributed by atoms with Gasteiger partial charge in [0.1, 0.15) is 5.82 Å². The number of benzene rings is 1. The summed E-state index contributed by atoms with van der Waals surface area (Å²) >= 11 is 0. The molecule has 1 aromatic heterocycles. The highest BCUT2D eigenvalue weighted by Gasteiger charge is 2.36. The summed E-state index contributed by atoms with van der Waals surface area (Å²) < 4.78 is 0.